The molecule has 0 bridgehead atoms. The summed E-state index contributed by atoms with van der Waals surface area (Å²) in [6, 6.07) is 15.5. The summed E-state index contributed by atoms with van der Waals surface area (Å²) in [7, 11) is -3.69. The van der Waals surface area contributed by atoms with E-state index in [2.05, 4.69) is 16.1 Å². The van der Waals surface area contributed by atoms with Crippen LogP contribution in [-0.2, 0) is 10.0 Å². The van der Waals surface area contributed by atoms with Crippen LogP contribution in [0.4, 0.5) is 5.69 Å². The van der Waals surface area contributed by atoms with E-state index in [0.717, 1.165) is 21.8 Å². The van der Waals surface area contributed by atoms with E-state index in [1.807, 2.05) is 29.6 Å². The van der Waals surface area contributed by atoms with Crippen molar-refractivity contribution in [3.8, 4) is 21.8 Å². The standard InChI is InChI=1S/C22H26N3O3S2/c1-15(26)13-23-19-12-17(30(27,28)25-22(2,3)4)10-11-18(19)20-14-29-21(24-20)16-8-6-5-7-9-16/h6-12,14-15,23,25-26H,13H2,1-4H3. The van der Waals surface area contributed by atoms with Crippen LogP contribution in [-0.4, -0.2) is 36.7 Å². The maximum absolute atomic E-state index is 12.8. The fourth-order valence-corrected chi connectivity index (χ4v) is 5.11. The molecule has 3 rings (SSSR count). The molecule has 0 fully saturated rings. The second-order valence-electron chi connectivity index (χ2n) is 8.12. The van der Waals surface area contributed by atoms with Gasteiger partial charge in [-0.3, -0.25) is 0 Å². The zero-order chi connectivity index (χ0) is 21.9. The molecule has 0 aliphatic rings. The molecule has 1 radical (unpaired) electrons. The molecule has 6 nitrogen and oxygen atoms in total. The highest BCUT2D eigenvalue weighted by Crippen LogP contribution is 2.34. The van der Waals surface area contributed by atoms with Gasteiger partial charge in [0.15, 0.2) is 0 Å². The fraction of sp³-hybridized carbons (Fsp3) is 0.318. The summed E-state index contributed by atoms with van der Waals surface area (Å²) in [5.41, 5.74) is 2.52. The molecule has 1 atom stereocenters. The van der Waals surface area contributed by atoms with E-state index < -0.39 is 21.7 Å². The van der Waals surface area contributed by atoms with E-state index in [-0.39, 0.29) is 11.4 Å². The molecule has 0 aliphatic heterocycles. The first-order valence-corrected chi connectivity index (χ1v) is 11.9. The van der Waals surface area contributed by atoms with Crippen LogP contribution in [0.2, 0.25) is 0 Å². The monoisotopic (exact) mass is 444 g/mol. The molecular weight excluding hydrogens is 418 g/mol. The van der Waals surface area contributed by atoms with E-state index in [9.17, 15) is 13.5 Å². The Morgan fingerprint density at radius 2 is 1.90 bits per heavy atom. The largest absolute Gasteiger partial charge is 0.392 e. The molecule has 0 saturated heterocycles. The van der Waals surface area contributed by atoms with Gasteiger partial charge >= 0.3 is 0 Å². The highest BCUT2D eigenvalue weighted by molar-refractivity contribution is 7.89. The van der Waals surface area contributed by atoms with Crippen LogP contribution in [0, 0.1) is 6.07 Å². The van der Waals surface area contributed by atoms with Crippen LogP contribution in [0.15, 0.2) is 52.7 Å². The molecule has 3 N–H and O–H groups in total. The van der Waals surface area contributed by atoms with Crippen molar-refractivity contribution in [1.29, 1.82) is 0 Å². The number of hydrogen-bond donors (Lipinski definition) is 3. The number of nitrogens with zero attached hydrogens (tertiary/aromatic N) is 1. The fourth-order valence-electron chi connectivity index (χ4n) is 2.84. The molecule has 1 aromatic heterocycles. The minimum absolute atomic E-state index is 0.156. The third-order valence-electron chi connectivity index (χ3n) is 4.08. The first-order valence-electron chi connectivity index (χ1n) is 9.57. The van der Waals surface area contributed by atoms with Gasteiger partial charge in [-0.25, -0.2) is 18.1 Å². The normalized spacial score (nSPS) is 13.2. The Bertz CT molecular complexity index is 1100. The van der Waals surface area contributed by atoms with Crippen LogP contribution in [0.3, 0.4) is 0 Å². The summed E-state index contributed by atoms with van der Waals surface area (Å²) in [4.78, 5) is 4.88. The average Bonchev–Trinajstić information content (AvgIpc) is 3.15. The van der Waals surface area contributed by atoms with E-state index in [4.69, 9.17) is 4.98 Å². The zero-order valence-electron chi connectivity index (χ0n) is 17.4. The van der Waals surface area contributed by atoms with Crippen molar-refractivity contribution >= 4 is 27.0 Å². The molecular formula is C22H26N3O3S2. The van der Waals surface area contributed by atoms with Crippen molar-refractivity contribution in [1.82, 2.24) is 9.71 Å². The molecule has 0 spiro atoms. The van der Waals surface area contributed by atoms with E-state index in [1.165, 1.54) is 11.3 Å². The molecule has 0 saturated carbocycles. The Morgan fingerprint density at radius 3 is 2.53 bits per heavy atom. The number of thiazole rings is 1. The van der Waals surface area contributed by atoms with Crippen molar-refractivity contribution in [2.45, 2.75) is 44.2 Å². The van der Waals surface area contributed by atoms with Crippen molar-refractivity contribution < 1.29 is 13.5 Å². The third-order valence-corrected chi connectivity index (χ3v) is 6.72. The van der Waals surface area contributed by atoms with Gasteiger partial charge in [-0.05, 0) is 52.0 Å². The number of aliphatic hydroxyl groups excluding tert-OH is 1. The number of aromatic nitrogens is 1. The van der Waals surface area contributed by atoms with Gasteiger partial charge in [0.2, 0.25) is 10.0 Å². The van der Waals surface area contributed by atoms with Gasteiger partial charge in [0, 0.05) is 34.3 Å². The second kappa shape index (κ2) is 8.85. The van der Waals surface area contributed by atoms with Crippen LogP contribution in [0.25, 0.3) is 21.8 Å². The predicted octanol–water partition coefficient (Wildman–Crippen LogP) is 4.15. The maximum Gasteiger partial charge on any atom is 0.241 e. The van der Waals surface area contributed by atoms with Gasteiger partial charge in [0.1, 0.15) is 5.01 Å². The Hall–Kier alpha value is -2.26. The minimum Gasteiger partial charge on any atom is -0.392 e. The maximum atomic E-state index is 12.8. The molecule has 159 valence electrons. The Balaban J connectivity index is 2.01. The van der Waals surface area contributed by atoms with Crippen LogP contribution in [0.1, 0.15) is 27.7 Å². The van der Waals surface area contributed by atoms with Crippen molar-refractivity contribution in [3.63, 3.8) is 0 Å². The number of benzene rings is 2. The number of aliphatic hydroxyl groups is 1. The van der Waals surface area contributed by atoms with Crippen molar-refractivity contribution in [3.05, 3.63) is 53.9 Å². The van der Waals surface area contributed by atoms with Crippen LogP contribution >= 0.6 is 11.3 Å². The SMILES string of the molecule is CC(O)CNc1cc(S(=O)(=O)NC(C)(C)C)ccc1-c1csc(-c2cc[c]cc2)n1. The van der Waals surface area contributed by atoms with Crippen LogP contribution < -0.4 is 10.0 Å². The molecule has 1 unspecified atom stereocenters. The lowest BCUT2D eigenvalue weighted by Gasteiger charge is -2.21. The van der Waals surface area contributed by atoms with Gasteiger partial charge in [-0.2, -0.15) is 0 Å². The summed E-state index contributed by atoms with van der Waals surface area (Å²) in [6.07, 6.45) is -0.586. The van der Waals surface area contributed by atoms with E-state index in [1.54, 1.807) is 45.9 Å². The summed E-state index contributed by atoms with van der Waals surface area (Å²) in [5, 5.41) is 15.7. The predicted molar refractivity (Wildman–Crippen MR) is 122 cm³/mol. The first kappa shape index (κ1) is 22.4. The number of sulfonamides is 1. The molecule has 3 aromatic rings. The number of hydrogen-bond acceptors (Lipinski definition) is 6. The summed E-state index contributed by atoms with van der Waals surface area (Å²) in [5.74, 6) is 0. The average molecular weight is 445 g/mol. The molecule has 1 heterocycles. The molecule has 0 amide bonds. The molecule has 8 heteroatoms. The lowest BCUT2D eigenvalue weighted by atomic mass is 10.1. The van der Waals surface area contributed by atoms with Gasteiger partial charge < -0.3 is 10.4 Å². The zero-order valence-corrected chi connectivity index (χ0v) is 19.1. The summed E-state index contributed by atoms with van der Waals surface area (Å²) < 4.78 is 28.2. The van der Waals surface area contributed by atoms with Gasteiger partial charge in [0.05, 0.1) is 16.7 Å². The topological polar surface area (TPSA) is 91.3 Å². The van der Waals surface area contributed by atoms with Gasteiger partial charge in [-0.1, -0.05) is 24.3 Å². The van der Waals surface area contributed by atoms with Gasteiger partial charge in [0.25, 0.3) is 0 Å². The summed E-state index contributed by atoms with van der Waals surface area (Å²) >= 11 is 1.52. The Kier molecular flexibility index (Phi) is 6.62. The number of anilines is 1. The highest BCUT2D eigenvalue weighted by atomic mass is 32.2. The quantitative estimate of drug-likeness (QED) is 0.509. The van der Waals surface area contributed by atoms with Crippen molar-refractivity contribution in [2.75, 3.05) is 11.9 Å². The Labute approximate surface area is 182 Å². The summed E-state index contributed by atoms with van der Waals surface area (Å²) in [6.45, 7) is 7.34. The van der Waals surface area contributed by atoms with E-state index in [0.29, 0.717) is 5.69 Å². The molecule has 0 aliphatic carbocycles. The third kappa shape index (κ3) is 5.66. The van der Waals surface area contributed by atoms with E-state index >= 15 is 0 Å². The minimum atomic E-state index is -3.69. The van der Waals surface area contributed by atoms with Gasteiger partial charge in [-0.15, -0.1) is 11.3 Å². The second-order valence-corrected chi connectivity index (χ2v) is 10.7. The Morgan fingerprint density at radius 1 is 1.20 bits per heavy atom. The number of rotatable bonds is 7. The lowest BCUT2D eigenvalue weighted by Crippen LogP contribution is -2.40. The first-order chi connectivity index (χ1) is 14.0. The lowest BCUT2D eigenvalue weighted by molar-refractivity contribution is 0.208. The van der Waals surface area contributed by atoms with Crippen LogP contribution in [0.5, 0.6) is 0 Å². The molecule has 30 heavy (non-hydrogen) atoms. The number of nitrogens with one attached hydrogen (secondary N) is 2. The molecule has 2 aromatic carbocycles. The highest BCUT2D eigenvalue weighted by Gasteiger charge is 2.23. The van der Waals surface area contributed by atoms with Crippen molar-refractivity contribution in [2.24, 2.45) is 0 Å². The smallest absolute Gasteiger partial charge is 0.241 e.